The highest BCUT2D eigenvalue weighted by molar-refractivity contribution is 7.99. The molecule has 1 amide bonds. The van der Waals surface area contributed by atoms with Crippen LogP contribution in [0.4, 0.5) is 5.82 Å². The lowest BCUT2D eigenvalue weighted by atomic mass is 10.2. The first-order valence-corrected chi connectivity index (χ1v) is 8.66. The highest BCUT2D eigenvalue weighted by Crippen LogP contribution is 2.26. The molecule has 120 valence electrons. The van der Waals surface area contributed by atoms with Crippen LogP contribution in [0.5, 0.6) is 5.75 Å². The van der Waals surface area contributed by atoms with Crippen molar-refractivity contribution < 1.29 is 9.53 Å². The first kappa shape index (κ1) is 15.7. The summed E-state index contributed by atoms with van der Waals surface area (Å²) < 4.78 is 5.14. The number of rotatable bonds is 5. The number of thioether (sulfide) groups is 1. The van der Waals surface area contributed by atoms with Gasteiger partial charge in [-0.2, -0.15) is 16.9 Å². The molecular formula is C17H19N3O2S. The minimum atomic E-state index is -0.0300. The summed E-state index contributed by atoms with van der Waals surface area (Å²) >= 11 is 1.88. The largest absolute Gasteiger partial charge is 0.497 e. The molecule has 1 unspecified atom stereocenters. The van der Waals surface area contributed by atoms with Gasteiger partial charge in [-0.15, -0.1) is 0 Å². The van der Waals surface area contributed by atoms with Gasteiger partial charge < -0.3 is 4.74 Å². The Morgan fingerprint density at radius 2 is 2.22 bits per heavy atom. The van der Waals surface area contributed by atoms with Gasteiger partial charge in [0.15, 0.2) is 0 Å². The number of anilines is 1. The summed E-state index contributed by atoms with van der Waals surface area (Å²) in [6, 6.07) is 9.66. The second kappa shape index (κ2) is 7.37. The third kappa shape index (κ3) is 3.76. The molecule has 2 aromatic rings. The van der Waals surface area contributed by atoms with Crippen LogP contribution in [0.25, 0.3) is 6.08 Å². The van der Waals surface area contributed by atoms with Gasteiger partial charge in [-0.25, -0.2) is 0 Å². The minimum Gasteiger partial charge on any atom is -0.497 e. The lowest BCUT2D eigenvalue weighted by Gasteiger charge is -2.25. The van der Waals surface area contributed by atoms with Crippen LogP contribution in [0.15, 0.2) is 42.6 Å². The van der Waals surface area contributed by atoms with E-state index in [0.29, 0.717) is 0 Å². The molecule has 0 bridgehead atoms. The van der Waals surface area contributed by atoms with E-state index in [0.717, 1.165) is 35.1 Å². The number of carbonyl (C=O) groups is 1. The second-order valence-electron chi connectivity index (χ2n) is 5.27. The lowest BCUT2D eigenvalue weighted by molar-refractivity contribution is -0.114. The van der Waals surface area contributed by atoms with E-state index in [4.69, 9.17) is 4.74 Å². The Labute approximate surface area is 139 Å². The number of nitrogens with zero attached hydrogens (tertiary/aromatic N) is 2. The third-order valence-corrected chi connectivity index (χ3v) is 4.93. The number of ether oxygens (including phenoxy) is 1. The van der Waals surface area contributed by atoms with Crippen LogP contribution in [0.2, 0.25) is 0 Å². The first-order chi connectivity index (χ1) is 11.3. The third-order valence-electron chi connectivity index (χ3n) is 3.79. The standard InChI is InChI=1S/C17H19N3O2S/c1-22-15-5-2-13(3-6-15)4-7-17(21)20(14-9-11-23-12-14)16-8-10-18-19-16/h2-8,10,14H,9,11-12H2,1H3,(H,18,19). The summed E-state index contributed by atoms with van der Waals surface area (Å²) in [4.78, 5) is 14.5. The van der Waals surface area contributed by atoms with Crippen LogP contribution < -0.4 is 9.64 Å². The molecule has 1 aliphatic rings. The van der Waals surface area contributed by atoms with Gasteiger partial charge >= 0.3 is 0 Å². The Balaban J connectivity index is 1.76. The SMILES string of the molecule is COc1ccc(C=CC(=O)N(c2ccn[nH]2)C2CCSC2)cc1. The number of hydrogen-bond acceptors (Lipinski definition) is 4. The number of amides is 1. The molecule has 1 saturated heterocycles. The first-order valence-electron chi connectivity index (χ1n) is 7.50. The van der Waals surface area contributed by atoms with Gasteiger partial charge in [-0.1, -0.05) is 12.1 Å². The highest BCUT2D eigenvalue weighted by atomic mass is 32.2. The number of aromatic nitrogens is 2. The minimum absolute atomic E-state index is 0.0300. The van der Waals surface area contributed by atoms with E-state index < -0.39 is 0 Å². The molecule has 3 rings (SSSR count). The maximum absolute atomic E-state index is 12.7. The van der Waals surface area contributed by atoms with Gasteiger partial charge in [0.2, 0.25) is 0 Å². The predicted octanol–water partition coefficient (Wildman–Crippen LogP) is 2.97. The number of nitrogens with one attached hydrogen (secondary N) is 1. The summed E-state index contributed by atoms with van der Waals surface area (Å²) in [5, 5.41) is 6.87. The van der Waals surface area contributed by atoms with Gasteiger partial charge in [-0.05, 0) is 35.9 Å². The molecule has 0 aliphatic carbocycles. The maximum atomic E-state index is 12.7. The van der Waals surface area contributed by atoms with Crippen LogP contribution in [0.1, 0.15) is 12.0 Å². The van der Waals surface area contributed by atoms with Crippen molar-refractivity contribution in [3.05, 3.63) is 48.2 Å². The molecule has 1 atom stereocenters. The Morgan fingerprint density at radius 1 is 1.39 bits per heavy atom. The van der Waals surface area contributed by atoms with E-state index in [1.165, 1.54) is 0 Å². The van der Waals surface area contributed by atoms with Crippen molar-refractivity contribution in [2.45, 2.75) is 12.5 Å². The Kier molecular flexibility index (Phi) is 5.02. The van der Waals surface area contributed by atoms with Crippen molar-refractivity contribution in [2.24, 2.45) is 0 Å². The molecule has 0 saturated carbocycles. The van der Waals surface area contributed by atoms with Crippen LogP contribution >= 0.6 is 11.8 Å². The van der Waals surface area contributed by atoms with Gasteiger partial charge in [-0.3, -0.25) is 14.8 Å². The molecule has 1 fully saturated rings. The van der Waals surface area contributed by atoms with E-state index in [-0.39, 0.29) is 11.9 Å². The van der Waals surface area contributed by atoms with Crippen molar-refractivity contribution in [1.82, 2.24) is 10.2 Å². The van der Waals surface area contributed by atoms with E-state index in [2.05, 4.69) is 10.2 Å². The van der Waals surface area contributed by atoms with Crippen molar-refractivity contribution in [1.29, 1.82) is 0 Å². The molecule has 6 heteroatoms. The summed E-state index contributed by atoms with van der Waals surface area (Å²) in [5.74, 6) is 3.57. The summed E-state index contributed by atoms with van der Waals surface area (Å²) in [6.07, 6.45) is 6.12. The van der Waals surface area contributed by atoms with Crippen LogP contribution in [0, 0.1) is 0 Å². The molecule has 0 spiro atoms. The van der Waals surface area contributed by atoms with Gasteiger partial charge in [0.1, 0.15) is 11.6 Å². The molecule has 23 heavy (non-hydrogen) atoms. The topological polar surface area (TPSA) is 58.2 Å². The Morgan fingerprint density at radius 3 is 2.83 bits per heavy atom. The summed E-state index contributed by atoms with van der Waals surface area (Å²) in [6.45, 7) is 0. The average molecular weight is 329 g/mol. The van der Waals surface area contributed by atoms with Crippen molar-refractivity contribution in [2.75, 3.05) is 23.5 Å². The number of H-pyrrole nitrogens is 1. The summed E-state index contributed by atoms with van der Waals surface area (Å²) in [7, 11) is 1.64. The number of aromatic amines is 1. The monoisotopic (exact) mass is 329 g/mol. The van der Waals surface area contributed by atoms with Crippen LogP contribution in [0.3, 0.4) is 0 Å². The smallest absolute Gasteiger partial charge is 0.252 e. The fraction of sp³-hybridized carbons (Fsp3) is 0.294. The highest BCUT2D eigenvalue weighted by Gasteiger charge is 2.27. The van der Waals surface area contributed by atoms with E-state index >= 15 is 0 Å². The zero-order chi connectivity index (χ0) is 16.1. The van der Waals surface area contributed by atoms with Crippen molar-refractivity contribution >= 4 is 29.6 Å². The summed E-state index contributed by atoms with van der Waals surface area (Å²) in [5.41, 5.74) is 0.963. The quantitative estimate of drug-likeness (QED) is 0.857. The normalized spacial score (nSPS) is 17.5. The molecular weight excluding hydrogens is 310 g/mol. The van der Waals surface area contributed by atoms with Crippen LogP contribution in [-0.4, -0.2) is 40.8 Å². The zero-order valence-electron chi connectivity index (χ0n) is 12.9. The van der Waals surface area contributed by atoms with Gasteiger partial charge in [0.25, 0.3) is 5.91 Å². The molecule has 5 nitrogen and oxygen atoms in total. The van der Waals surface area contributed by atoms with E-state index in [9.17, 15) is 4.79 Å². The fourth-order valence-electron chi connectivity index (χ4n) is 2.57. The van der Waals surface area contributed by atoms with Gasteiger partial charge in [0, 0.05) is 23.9 Å². The Bertz CT molecular complexity index is 662. The van der Waals surface area contributed by atoms with Crippen LogP contribution in [-0.2, 0) is 4.79 Å². The fourth-order valence-corrected chi connectivity index (χ4v) is 3.76. The molecule has 1 aromatic heterocycles. The zero-order valence-corrected chi connectivity index (χ0v) is 13.8. The van der Waals surface area contributed by atoms with Crippen molar-refractivity contribution in [3.8, 4) is 5.75 Å². The number of carbonyl (C=O) groups excluding carboxylic acids is 1. The predicted molar refractivity (Wildman–Crippen MR) is 93.8 cm³/mol. The Hall–Kier alpha value is -2.21. The molecule has 0 radical (unpaired) electrons. The second-order valence-corrected chi connectivity index (χ2v) is 6.42. The van der Waals surface area contributed by atoms with E-state index in [1.807, 2.05) is 53.1 Å². The number of hydrogen-bond donors (Lipinski definition) is 1. The molecule has 1 N–H and O–H groups in total. The number of benzene rings is 1. The maximum Gasteiger partial charge on any atom is 0.252 e. The molecule has 1 aromatic carbocycles. The molecule has 2 heterocycles. The lowest BCUT2D eigenvalue weighted by Crippen LogP contribution is -2.39. The van der Waals surface area contributed by atoms with Gasteiger partial charge in [0.05, 0.1) is 13.3 Å². The average Bonchev–Trinajstić information content (AvgIpc) is 3.28. The number of methoxy groups -OCH3 is 1. The van der Waals surface area contributed by atoms with Crippen molar-refractivity contribution in [3.63, 3.8) is 0 Å². The van der Waals surface area contributed by atoms with E-state index in [1.54, 1.807) is 19.4 Å². The molecule has 1 aliphatic heterocycles.